The van der Waals surface area contributed by atoms with E-state index in [1.807, 2.05) is 0 Å². The largest absolute Gasteiger partial charge is 0.497 e. The standard InChI is InChI=1S/C29H36N4O5S/c1-4-38-29(34)21-5-10-26-25(19-21)28(33-13-11-22(12-14-33)32-17-15-31(2)16-18-32)27(20-30-26)39(35,36)24-8-6-23(37-3)7-9-24/h5-10,19-20,22H,4,11-18H2,1-3H3. The average molecular weight is 553 g/mol. The molecule has 1 aromatic heterocycles. The number of benzene rings is 2. The molecule has 0 aliphatic carbocycles. The van der Waals surface area contributed by atoms with E-state index in [-0.39, 0.29) is 16.4 Å². The van der Waals surface area contributed by atoms with Crippen LogP contribution in [0.1, 0.15) is 30.1 Å². The fourth-order valence-corrected chi connectivity index (χ4v) is 6.98. The van der Waals surface area contributed by atoms with E-state index in [0.29, 0.717) is 47.0 Å². The van der Waals surface area contributed by atoms with Crippen molar-refractivity contribution in [1.29, 1.82) is 0 Å². The lowest BCUT2D eigenvalue weighted by Gasteiger charge is -2.43. The lowest BCUT2D eigenvalue weighted by Crippen LogP contribution is -2.52. The van der Waals surface area contributed by atoms with Gasteiger partial charge in [0.2, 0.25) is 9.84 Å². The van der Waals surface area contributed by atoms with Crippen molar-refractivity contribution >= 4 is 32.4 Å². The third-order valence-electron chi connectivity index (χ3n) is 7.81. The number of ether oxygens (including phenoxy) is 2. The second-order valence-corrected chi connectivity index (χ2v) is 12.1. The quantitative estimate of drug-likeness (QED) is 0.409. The van der Waals surface area contributed by atoms with Crippen LogP contribution in [0.4, 0.5) is 5.69 Å². The fourth-order valence-electron chi connectivity index (χ4n) is 5.55. The highest BCUT2D eigenvalue weighted by molar-refractivity contribution is 7.91. The third kappa shape index (κ3) is 5.59. The predicted molar refractivity (Wildman–Crippen MR) is 150 cm³/mol. The molecule has 0 unspecified atom stereocenters. The summed E-state index contributed by atoms with van der Waals surface area (Å²) >= 11 is 0. The van der Waals surface area contributed by atoms with E-state index in [9.17, 15) is 13.2 Å². The number of methoxy groups -OCH3 is 1. The Bertz CT molecular complexity index is 1430. The molecule has 2 aliphatic rings. The average Bonchev–Trinajstić information content (AvgIpc) is 2.97. The van der Waals surface area contributed by atoms with E-state index < -0.39 is 15.8 Å². The van der Waals surface area contributed by atoms with Gasteiger partial charge < -0.3 is 19.3 Å². The van der Waals surface area contributed by atoms with Gasteiger partial charge in [-0.1, -0.05) is 0 Å². The number of piperazine rings is 1. The summed E-state index contributed by atoms with van der Waals surface area (Å²) < 4.78 is 38.4. The van der Waals surface area contributed by atoms with Crippen molar-refractivity contribution in [2.75, 3.05) is 64.9 Å². The first-order chi connectivity index (χ1) is 18.8. The van der Waals surface area contributed by atoms with Crippen LogP contribution in [0, 0.1) is 0 Å². The fraction of sp³-hybridized carbons (Fsp3) is 0.448. The highest BCUT2D eigenvalue weighted by atomic mass is 32.2. The maximum absolute atomic E-state index is 14.0. The molecule has 9 nitrogen and oxygen atoms in total. The van der Waals surface area contributed by atoms with Gasteiger partial charge in [-0.15, -0.1) is 0 Å². The molecule has 0 N–H and O–H groups in total. The van der Waals surface area contributed by atoms with Gasteiger partial charge in [0.1, 0.15) is 10.6 Å². The lowest BCUT2D eigenvalue weighted by molar-refractivity contribution is 0.0526. The van der Waals surface area contributed by atoms with Crippen LogP contribution in [0.15, 0.2) is 58.5 Å². The van der Waals surface area contributed by atoms with Crippen LogP contribution in [0.5, 0.6) is 5.75 Å². The number of nitrogens with zero attached hydrogens (tertiary/aromatic N) is 4. The number of esters is 1. The Labute approximate surface area is 230 Å². The van der Waals surface area contributed by atoms with Gasteiger partial charge >= 0.3 is 5.97 Å². The molecule has 2 aromatic carbocycles. The number of hydrogen-bond donors (Lipinski definition) is 0. The summed E-state index contributed by atoms with van der Waals surface area (Å²) in [5.74, 6) is 0.137. The molecule has 0 radical (unpaired) electrons. The second kappa shape index (κ2) is 11.5. The van der Waals surface area contributed by atoms with Crippen molar-refractivity contribution in [3.8, 4) is 5.75 Å². The van der Waals surface area contributed by atoms with E-state index in [2.05, 4.69) is 26.7 Å². The molecule has 0 atom stereocenters. The van der Waals surface area contributed by atoms with Crippen molar-refractivity contribution in [1.82, 2.24) is 14.8 Å². The number of sulfone groups is 1. The van der Waals surface area contributed by atoms with Crippen molar-refractivity contribution in [2.24, 2.45) is 0 Å². The maximum atomic E-state index is 14.0. The Morgan fingerprint density at radius 2 is 1.69 bits per heavy atom. The Balaban J connectivity index is 1.55. The van der Waals surface area contributed by atoms with Crippen molar-refractivity contribution in [2.45, 2.75) is 35.6 Å². The summed E-state index contributed by atoms with van der Waals surface area (Å²) in [6.07, 6.45) is 3.33. The number of pyridine rings is 1. The molecule has 208 valence electrons. The number of rotatable bonds is 7. The number of carbonyl (C=O) groups excluding carboxylic acids is 1. The van der Waals surface area contributed by atoms with Crippen molar-refractivity contribution in [3.05, 3.63) is 54.2 Å². The first-order valence-electron chi connectivity index (χ1n) is 13.5. The number of hydrogen-bond acceptors (Lipinski definition) is 9. The molecule has 39 heavy (non-hydrogen) atoms. The predicted octanol–water partition coefficient (Wildman–Crippen LogP) is 3.47. The first-order valence-corrected chi connectivity index (χ1v) is 15.0. The van der Waals surface area contributed by atoms with Gasteiger partial charge in [-0.2, -0.15) is 0 Å². The monoisotopic (exact) mass is 552 g/mol. The Hall–Kier alpha value is -3.21. The van der Waals surface area contributed by atoms with Gasteiger partial charge in [0.15, 0.2) is 0 Å². The minimum atomic E-state index is -3.91. The van der Waals surface area contributed by atoms with Gasteiger partial charge in [-0.05, 0) is 69.3 Å². The smallest absolute Gasteiger partial charge is 0.338 e. The maximum Gasteiger partial charge on any atom is 0.338 e. The van der Waals surface area contributed by atoms with Gasteiger partial charge in [-0.25, -0.2) is 13.2 Å². The van der Waals surface area contributed by atoms with Crippen LogP contribution >= 0.6 is 0 Å². The number of anilines is 1. The lowest BCUT2D eigenvalue weighted by atomic mass is 10.0. The van der Waals surface area contributed by atoms with E-state index in [1.54, 1.807) is 56.5 Å². The Kier molecular flexibility index (Phi) is 8.06. The highest BCUT2D eigenvalue weighted by Gasteiger charge is 2.32. The van der Waals surface area contributed by atoms with E-state index in [4.69, 9.17) is 9.47 Å². The molecule has 5 rings (SSSR count). The molecular formula is C29H36N4O5S. The summed E-state index contributed by atoms with van der Waals surface area (Å²) in [6, 6.07) is 12.0. The summed E-state index contributed by atoms with van der Waals surface area (Å²) in [7, 11) is -0.211. The number of fused-ring (bicyclic) bond motifs is 1. The minimum Gasteiger partial charge on any atom is -0.497 e. The Morgan fingerprint density at radius 1 is 1.00 bits per heavy atom. The molecular weight excluding hydrogens is 516 g/mol. The molecule has 10 heteroatoms. The normalized spacial score (nSPS) is 17.9. The van der Waals surface area contributed by atoms with Crippen molar-refractivity contribution in [3.63, 3.8) is 0 Å². The van der Waals surface area contributed by atoms with Crippen LogP contribution < -0.4 is 9.64 Å². The van der Waals surface area contributed by atoms with Gasteiger partial charge in [0.25, 0.3) is 0 Å². The van der Waals surface area contributed by atoms with Crippen LogP contribution in [-0.2, 0) is 14.6 Å². The molecule has 0 spiro atoms. The Morgan fingerprint density at radius 3 is 2.33 bits per heavy atom. The minimum absolute atomic E-state index is 0.138. The zero-order valence-electron chi connectivity index (χ0n) is 22.8. The van der Waals surface area contributed by atoms with Crippen molar-refractivity contribution < 1.29 is 22.7 Å². The van der Waals surface area contributed by atoms with Crippen LogP contribution in [0.3, 0.4) is 0 Å². The summed E-state index contributed by atoms with van der Waals surface area (Å²) in [5.41, 5.74) is 1.60. The van der Waals surface area contributed by atoms with E-state index in [0.717, 1.165) is 39.0 Å². The number of likely N-dealkylation sites (N-methyl/N-ethyl adjacent to an activating group) is 1. The molecule has 2 aliphatic heterocycles. The molecule has 0 bridgehead atoms. The SMILES string of the molecule is CCOC(=O)c1ccc2ncc(S(=O)(=O)c3ccc(OC)cc3)c(N3CCC(N4CCN(C)CC4)CC3)c2c1. The van der Waals surface area contributed by atoms with Crippen LogP contribution in [0.2, 0.25) is 0 Å². The summed E-state index contributed by atoms with van der Waals surface area (Å²) in [4.78, 5) is 24.5. The highest BCUT2D eigenvalue weighted by Crippen LogP contribution is 2.38. The van der Waals surface area contributed by atoms with Gasteiger partial charge in [-0.3, -0.25) is 9.88 Å². The molecule has 2 fully saturated rings. The van der Waals surface area contributed by atoms with Crippen LogP contribution in [0.25, 0.3) is 10.9 Å². The summed E-state index contributed by atoms with van der Waals surface area (Å²) in [5, 5.41) is 0.633. The second-order valence-electron chi connectivity index (χ2n) is 10.2. The number of piperidine rings is 1. The molecule has 0 saturated carbocycles. The zero-order valence-corrected chi connectivity index (χ0v) is 23.6. The number of aromatic nitrogens is 1. The third-order valence-corrected chi connectivity index (χ3v) is 9.58. The topological polar surface area (TPSA) is 92.3 Å². The van der Waals surface area contributed by atoms with Gasteiger partial charge in [0.05, 0.1) is 35.4 Å². The van der Waals surface area contributed by atoms with E-state index >= 15 is 0 Å². The summed E-state index contributed by atoms with van der Waals surface area (Å²) in [6.45, 7) is 7.68. The molecule has 3 aromatic rings. The number of carbonyl (C=O) groups is 1. The molecule has 3 heterocycles. The zero-order chi connectivity index (χ0) is 27.6. The van der Waals surface area contributed by atoms with Crippen LogP contribution in [-0.4, -0.2) is 95.2 Å². The molecule has 2 saturated heterocycles. The van der Waals surface area contributed by atoms with E-state index in [1.165, 1.54) is 6.20 Å². The molecule has 0 amide bonds. The van der Waals surface area contributed by atoms with Gasteiger partial charge in [0, 0.05) is 56.9 Å². The first kappa shape index (κ1) is 27.4.